The summed E-state index contributed by atoms with van der Waals surface area (Å²) >= 11 is 0. The molecule has 1 heterocycles. The molecule has 114 valence electrons. The monoisotopic (exact) mass is 292 g/mol. The highest BCUT2D eigenvalue weighted by Gasteiger charge is 2.21. The van der Waals surface area contributed by atoms with Gasteiger partial charge in [-0.15, -0.1) is 0 Å². The summed E-state index contributed by atoms with van der Waals surface area (Å²) in [5, 5.41) is 13.5. The minimum Gasteiger partial charge on any atom is -0.330 e. The van der Waals surface area contributed by atoms with Crippen LogP contribution >= 0.6 is 0 Å². The van der Waals surface area contributed by atoms with Gasteiger partial charge in [0.1, 0.15) is 5.69 Å². The first-order valence-electron chi connectivity index (χ1n) is 7.06. The van der Waals surface area contributed by atoms with Crippen molar-refractivity contribution in [2.24, 2.45) is 11.7 Å². The summed E-state index contributed by atoms with van der Waals surface area (Å²) in [6, 6.07) is 6.15. The zero-order valence-corrected chi connectivity index (χ0v) is 11.8. The fourth-order valence-corrected chi connectivity index (χ4v) is 2.51. The Hall–Kier alpha value is -1.99. The molecule has 1 aliphatic rings. The van der Waals surface area contributed by atoms with Crippen molar-refractivity contribution in [3.8, 4) is 0 Å². The van der Waals surface area contributed by atoms with Crippen LogP contribution in [0.5, 0.6) is 0 Å². The molecule has 1 saturated heterocycles. The van der Waals surface area contributed by atoms with Crippen molar-refractivity contribution < 1.29 is 9.72 Å². The maximum Gasteiger partial charge on any atom is 0.292 e. The van der Waals surface area contributed by atoms with Crippen LogP contribution in [0.15, 0.2) is 24.3 Å². The summed E-state index contributed by atoms with van der Waals surface area (Å²) in [4.78, 5) is 24.5. The summed E-state index contributed by atoms with van der Waals surface area (Å²) in [5.41, 5.74) is 5.79. The lowest BCUT2D eigenvalue weighted by atomic mass is 9.97. The van der Waals surface area contributed by atoms with E-state index < -0.39 is 4.92 Å². The van der Waals surface area contributed by atoms with Gasteiger partial charge in [0.25, 0.3) is 5.69 Å². The van der Waals surface area contributed by atoms with Gasteiger partial charge in [0, 0.05) is 6.07 Å². The zero-order valence-electron chi connectivity index (χ0n) is 11.8. The fourth-order valence-electron chi connectivity index (χ4n) is 2.51. The maximum absolute atomic E-state index is 12.0. The van der Waals surface area contributed by atoms with E-state index in [1.54, 1.807) is 12.1 Å². The molecule has 0 aromatic heterocycles. The minimum absolute atomic E-state index is 0.0901. The lowest BCUT2D eigenvalue weighted by Crippen LogP contribution is -2.40. The molecule has 2 rings (SSSR count). The maximum atomic E-state index is 12.0. The summed E-state index contributed by atoms with van der Waals surface area (Å²) < 4.78 is 0. The molecule has 7 nitrogen and oxygen atoms in total. The summed E-state index contributed by atoms with van der Waals surface area (Å²) in [6.45, 7) is 2.62. The number of hydrogen-bond donors (Lipinski definition) is 2. The number of hydrogen-bond acceptors (Lipinski definition) is 5. The molecule has 0 spiro atoms. The molecule has 0 aliphatic carbocycles. The lowest BCUT2D eigenvalue weighted by Gasteiger charge is -2.30. The number of nitrogens with one attached hydrogen (secondary N) is 1. The predicted octanol–water partition coefficient (Wildman–Crippen LogP) is 1.20. The second-order valence-electron chi connectivity index (χ2n) is 5.28. The number of rotatable bonds is 5. The van der Waals surface area contributed by atoms with E-state index in [1.165, 1.54) is 12.1 Å². The fraction of sp³-hybridized carbons (Fsp3) is 0.500. The van der Waals surface area contributed by atoms with Crippen LogP contribution in [-0.4, -0.2) is 41.9 Å². The number of nitro groups is 1. The Balaban J connectivity index is 1.89. The average Bonchev–Trinajstić information content (AvgIpc) is 2.48. The molecule has 1 aromatic carbocycles. The third kappa shape index (κ3) is 4.24. The molecule has 0 saturated carbocycles. The number of carbonyl (C=O) groups excluding carboxylic acids is 1. The van der Waals surface area contributed by atoms with Crippen molar-refractivity contribution in [3.63, 3.8) is 0 Å². The molecule has 1 aromatic rings. The molecule has 0 unspecified atom stereocenters. The van der Waals surface area contributed by atoms with E-state index in [1.807, 2.05) is 0 Å². The van der Waals surface area contributed by atoms with Gasteiger partial charge in [-0.05, 0) is 44.5 Å². The van der Waals surface area contributed by atoms with Gasteiger partial charge < -0.3 is 11.1 Å². The highest BCUT2D eigenvalue weighted by atomic mass is 16.6. The number of nitrogens with two attached hydrogens (primary N) is 1. The first-order chi connectivity index (χ1) is 10.1. The van der Waals surface area contributed by atoms with Crippen LogP contribution in [0, 0.1) is 16.0 Å². The van der Waals surface area contributed by atoms with Crippen LogP contribution in [0.1, 0.15) is 12.8 Å². The van der Waals surface area contributed by atoms with E-state index in [9.17, 15) is 14.9 Å². The first kappa shape index (κ1) is 15.4. The zero-order chi connectivity index (χ0) is 15.2. The molecule has 0 radical (unpaired) electrons. The number of nitro benzene ring substituents is 1. The normalized spacial score (nSPS) is 16.6. The Morgan fingerprint density at radius 3 is 2.67 bits per heavy atom. The van der Waals surface area contributed by atoms with Crippen LogP contribution in [-0.2, 0) is 4.79 Å². The van der Waals surface area contributed by atoms with Crippen molar-refractivity contribution in [1.29, 1.82) is 0 Å². The van der Waals surface area contributed by atoms with Gasteiger partial charge in [0.05, 0.1) is 11.5 Å². The third-order valence-corrected chi connectivity index (χ3v) is 3.78. The van der Waals surface area contributed by atoms with Gasteiger partial charge in [-0.3, -0.25) is 19.8 Å². The summed E-state index contributed by atoms with van der Waals surface area (Å²) in [7, 11) is 0. The van der Waals surface area contributed by atoms with Crippen LogP contribution in [0.2, 0.25) is 0 Å². The number of benzene rings is 1. The third-order valence-electron chi connectivity index (χ3n) is 3.78. The SMILES string of the molecule is NCC1CCN(CC(=O)Nc2ccccc2[N+](=O)[O-])CC1. The van der Waals surface area contributed by atoms with Crippen LogP contribution in [0.4, 0.5) is 11.4 Å². The van der Waals surface area contributed by atoms with E-state index in [4.69, 9.17) is 5.73 Å². The van der Waals surface area contributed by atoms with Gasteiger partial charge in [-0.25, -0.2) is 0 Å². The topological polar surface area (TPSA) is 102 Å². The Morgan fingerprint density at radius 1 is 1.38 bits per heavy atom. The van der Waals surface area contributed by atoms with Gasteiger partial charge in [0.2, 0.25) is 5.91 Å². The Kier molecular flexibility index (Phi) is 5.24. The van der Waals surface area contributed by atoms with Crippen molar-refractivity contribution >= 4 is 17.3 Å². The lowest BCUT2D eigenvalue weighted by molar-refractivity contribution is -0.383. The van der Waals surface area contributed by atoms with Crippen LogP contribution in [0.3, 0.4) is 0 Å². The van der Waals surface area contributed by atoms with E-state index in [0.29, 0.717) is 12.5 Å². The molecule has 0 bridgehead atoms. The number of piperidine rings is 1. The van der Waals surface area contributed by atoms with Crippen LogP contribution < -0.4 is 11.1 Å². The quantitative estimate of drug-likeness (QED) is 0.627. The molecular formula is C14H20N4O3. The van der Waals surface area contributed by atoms with Crippen molar-refractivity contribution in [2.75, 3.05) is 31.5 Å². The van der Waals surface area contributed by atoms with E-state index in [2.05, 4.69) is 10.2 Å². The molecule has 1 aliphatic heterocycles. The number of nitrogens with zero attached hydrogens (tertiary/aromatic N) is 2. The molecular weight excluding hydrogens is 272 g/mol. The largest absolute Gasteiger partial charge is 0.330 e. The van der Waals surface area contributed by atoms with Gasteiger partial charge in [-0.2, -0.15) is 0 Å². The second kappa shape index (κ2) is 7.14. The smallest absolute Gasteiger partial charge is 0.292 e. The summed E-state index contributed by atoms with van der Waals surface area (Å²) in [6.07, 6.45) is 1.99. The van der Waals surface area contributed by atoms with Crippen molar-refractivity contribution in [3.05, 3.63) is 34.4 Å². The first-order valence-corrected chi connectivity index (χ1v) is 7.06. The minimum atomic E-state index is -0.498. The highest BCUT2D eigenvalue weighted by Crippen LogP contribution is 2.23. The molecule has 21 heavy (non-hydrogen) atoms. The van der Waals surface area contributed by atoms with E-state index in [-0.39, 0.29) is 23.8 Å². The van der Waals surface area contributed by atoms with Gasteiger partial charge >= 0.3 is 0 Å². The Labute approximate surface area is 123 Å². The number of carbonyl (C=O) groups is 1. The van der Waals surface area contributed by atoms with E-state index in [0.717, 1.165) is 25.9 Å². The second-order valence-corrected chi connectivity index (χ2v) is 5.28. The molecule has 1 amide bonds. The van der Waals surface area contributed by atoms with E-state index >= 15 is 0 Å². The number of amides is 1. The van der Waals surface area contributed by atoms with Crippen molar-refractivity contribution in [2.45, 2.75) is 12.8 Å². The standard InChI is InChI=1S/C14H20N4O3/c15-9-11-5-7-17(8-6-11)10-14(19)16-12-3-1-2-4-13(12)18(20)21/h1-4,11H,5-10,15H2,(H,16,19). The predicted molar refractivity (Wildman–Crippen MR) is 79.9 cm³/mol. The number of para-hydroxylation sites is 2. The number of anilines is 1. The van der Waals surface area contributed by atoms with Crippen molar-refractivity contribution in [1.82, 2.24) is 4.90 Å². The molecule has 7 heteroatoms. The van der Waals surface area contributed by atoms with Crippen LogP contribution in [0.25, 0.3) is 0 Å². The van der Waals surface area contributed by atoms with Gasteiger partial charge in [0.15, 0.2) is 0 Å². The molecule has 0 atom stereocenters. The Morgan fingerprint density at radius 2 is 2.05 bits per heavy atom. The highest BCUT2D eigenvalue weighted by molar-refractivity contribution is 5.94. The Bertz CT molecular complexity index is 513. The molecule has 3 N–H and O–H groups in total. The summed E-state index contributed by atoms with van der Waals surface area (Å²) in [5.74, 6) is 0.315. The molecule has 1 fully saturated rings. The van der Waals surface area contributed by atoms with Gasteiger partial charge in [-0.1, -0.05) is 12.1 Å². The number of likely N-dealkylation sites (tertiary alicyclic amines) is 1. The average molecular weight is 292 g/mol.